The number of hydrogen-bond acceptors (Lipinski definition) is 1. The van der Waals surface area contributed by atoms with E-state index in [1.165, 1.54) is 34.8 Å². The lowest BCUT2D eigenvalue weighted by atomic mass is 9.65. The molecule has 1 saturated carbocycles. The average Bonchev–Trinajstić information content (AvgIpc) is 2.15. The number of halogens is 1. The Morgan fingerprint density at radius 1 is 1.21 bits per heavy atom. The van der Waals surface area contributed by atoms with Crippen molar-refractivity contribution >= 4 is 22.6 Å². The maximum Gasteiger partial charge on any atom is 0.0130 e. The van der Waals surface area contributed by atoms with Gasteiger partial charge in [0.1, 0.15) is 0 Å². The number of hydrogen-bond donors (Lipinski definition) is 1. The van der Waals surface area contributed by atoms with Crippen molar-refractivity contribution in [1.82, 2.24) is 0 Å². The second-order valence-corrected chi connectivity index (χ2v) is 5.61. The molecule has 1 aliphatic rings. The van der Waals surface area contributed by atoms with Crippen LogP contribution in [-0.2, 0) is 6.42 Å². The van der Waals surface area contributed by atoms with E-state index >= 15 is 0 Å². The molecule has 1 aliphatic carbocycles. The SMILES string of the molecule is NCC1(Cc2ccc(I)cc2)CCC1. The first-order valence-corrected chi connectivity index (χ1v) is 6.27. The second-order valence-electron chi connectivity index (χ2n) is 4.36. The van der Waals surface area contributed by atoms with Crippen molar-refractivity contribution < 1.29 is 0 Å². The van der Waals surface area contributed by atoms with Gasteiger partial charge in [-0.2, -0.15) is 0 Å². The molecule has 76 valence electrons. The minimum absolute atomic E-state index is 0.437. The van der Waals surface area contributed by atoms with Gasteiger partial charge in [0.2, 0.25) is 0 Å². The molecule has 2 N–H and O–H groups in total. The van der Waals surface area contributed by atoms with E-state index in [1.54, 1.807) is 0 Å². The molecule has 1 aromatic carbocycles. The first kappa shape index (κ1) is 10.4. The van der Waals surface area contributed by atoms with Crippen LogP contribution in [-0.4, -0.2) is 6.54 Å². The van der Waals surface area contributed by atoms with Gasteiger partial charge in [0, 0.05) is 3.57 Å². The Bertz CT molecular complexity index is 295. The maximum atomic E-state index is 5.85. The van der Waals surface area contributed by atoms with Crippen molar-refractivity contribution in [3.63, 3.8) is 0 Å². The summed E-state index contributed by atoms with van der Waals surface area (Å²) in [7, 11) is 0. The predicted octanol–water partition coefficient (Wildman–Crippen LogP) is 2.96. The van der Waals surface area contributed by atoms with Gasteiger partial charge in [0.05, 0.1) is 0 Å². The van der Waals surface area contributed by atoms with Crippen LogP contribution in [0.3, 0.4) is 0 Å². The Hall–Kier alpha value is -0.0900. The first-order valence-electron chi connectivity index (χ1n) is 5.19. The summed E-state index contributed by atoms with van der Waals surface area (Å²) >= 11 is 2.34. The van der Waals surface area contributed by atoms with Gasteiger partial charge in [-0.05, 0) is 71.5 Å². The summed E-state index contributed by atoms with van der Waals surface area (Å²) in [5.41, 5.74) is 7.72. The molecule has 1 fully saturated rings. The van der Waals surface area contributed by atoms with E-state index in [2.05, 4.69) is 46.9 Å². The highest BCUT2D eigenvalue weighted by molar-refractivity contribution is 14.1. The predicted molar refractivity (Wildman–Crippen MR) is 68.2 cm³/mol. The third-order valence-electron chi connectivity index (χ3n) is 3.34. The third-order valence-corrected chi connectivity index (χ3v) is 4.06. The number of nitrogens with two attached hydrogens (primary N) is 1. The highest BCUT2D eigenvalue weighted by Gasteiger charge is 2.35. The van der Waals surface area contributed by atoms with Crippen molar-refractivity contribution in [2.24, 2.45) is 11.1 Å². The summed E-state index contributed by atoms with van der Waals surface area (Å²) in [5, 5.41) is 0. The minimum Gasteiger partial charge on any atom is -0.330 e. The molecule has 0 heterocycles. The van der Waals surface area contributed by atoms with Crippen molar-refractivity contribution in [2.45, 2.75) is 25.7 Å². The molecule has 2 rings (SSSR count). The largest absolute Gasteiger partial charge is 0.330 e. The van der Waals surface area contributed by atoms with Crippen LogP contribution in [0.1, 0.15) is 24.8 Å². The lowest BCUT2D eigenvalue weighted by molar-refractivity contribution is 0.145. The monoisotopic (exact) mass is 301 g/mol. The van der Waals surface area contributed by atoms with Gasteiger partial charge in [0.15, 0.2) is 0 Å². The van der Waals surface area contributed by atoms with Gasteiger partial charge in [0.25, 0.3) is 0 Å². The van der Waals surface area contributed by atoms with E-state index in [9.17, 15) is 0 Å². The van der Waals surface area contributed by atoms with E-state index in [-0.39, 0.29) is 0 Å². The molecule has 14 heavy (non-hydrogen) atoms. The van der Waals surface area contributed by atoms with Crippen molar-refractivity contribution in [2.75, 3.05) is 6.54 Å². The van der Waals surface area contributed by atoms with Crippen LogP contribution in [0, 0.1) is 8.99 Å². The fourth-order valence-corrected chi connectivity index (χ4v) is 2.52. The molecule has 0 aliphatic heterocycles. The fraction of sp³-hybridized carbons (Fsp3) is 0.500. The minimum atomic E-state index is 0.437. The van der Waals surface area contributed by atoms with Crippen LogP contribution in [0.2, 0.25) is 0 Å². The Morgan fingerprint density at radius 2 is 1.86 bits per heavy atom. The molecule has 0 amide bonds. The van der Waals surface area contributed by atoms with E-state index < -0.39 is 0 Å². The molecule has 1 nitrogen and oxygen atoms in total. The fourth-order valence-electron chi connectivity index (χ4n) is 2.17. The lowest BCUT2D eigenvalue weighted by Gasteiger charge is -2.41. The smallest absolute Gasteiger partial charge is 0.0130 e. The Labute approximate surface area is 99.2 Å². The van der Waals surface area contributed by atoms with E-state index in [0.717, 1.165) is 6.54 Å². The zero-order valence-corrected chi connectivity index (χ0v) is 10.5. The summed E-state index contributed by atoms with van der Waals surface area (Å²) in [6.45, 7) is 0.846. The summed E-state index contributed by atoms with van der Waals surface area (Å²) in [6, 6.07) is 8.83. The molecular weight excluding hydrogens is 285 g/mol. The first-order chi connectivity index (χ1) is 6.74. The quantitative estimate of drug-likeness (QED) is 0.854. The molecule has 0 aromatic heterocycles. The number of benzene rings is 1. The van der Waals surface area contributed by atoms with Crippen LogP contribution >= 0.6 is 22.6 Å². The van der Waals surface area contributed by atoms with Gasteiger partial charge in [-0.1, -0.05) is 18.6 Å². The normalized spacial score (nSPS) is 19.0. The Kier molecular flexibility index (Phi) is 3.12. The van der Waals surface area contributed by atoms with Gasteiger partial charge < -0.3 is 5.73 Å². The zero-order chi connectivity index (χ0) is 10.0. The molecule has 0 spiro atoms. The van der Waals surface area contributed by atoms with E-state index in [4.69, 9.17) is 5.73 Å². The summed E-state index contributed by atoms with van der Waals surface area (Å²) in [4.78, 5) is 0. The molecule has 0 atom stereocenters. The molecule has 2 heteroatoms. The van der Waals surface area contributed by atoms with Crippen molar-refractivity contribution in [3.05, 3.63) is 33.4 Å². The van der Waals surface area contributed by atoms with Gasteiger partial charge >= 0.3 is 0 Å². The molecular formula is C12H16IN. The standard InChI is InChI=1S/C12H16IN/c13-11-4-2-10(3-5-11)8-12(9-14)6-1-7-12/h2-5H,1,6-9,14H2. The molecule has 0 radical (unpaired) electrons. The van der Waals surface area contributed by atoms with Crippen molar-refractivity contribution in [1.29, 1.82) is 0 Å². The summed E-state index contributed by atoms with van der Waals surface area (Å²) in [6.07, 6.45) is 5.16. The molecule has 0 bridgehead atoms. The second kappa shape index (κ2) is 4.19. The van der Waals surface area contributed by atoms with Crippen LogP contribution in [0.15, 0.2) is 24.3 Å². The highest BCUT2D eigenvalue weighted by Crippen LogP contribution is 2.42. The van der Waals surface area contributed by atoms with Crippen LogP contribution in [0.5, 0.6) is 0 Å². The summed E-state index contributed by atoms with van der Waals surface area (Å²) < 4.78 is 1.31. The Balaban J connectivity index is 2.06. The van der Waals surface area contributed by atoms with Crippen molar-refractivity contribution in [3.8, 4) is 0 Å². The van der Waals surface area contributed by atoms with Crippen LogP contribution in [0.25, 0.3) is 0 Å². The van der Waals surface area contributed by atoms with E-state index in [0.29, 0.717) is 5.41 Å². The third kappa shape index (κ3) is 2.11. The summed E-state index contributed by atoms with van der Waals surface area (Å²) in [5.74, 6) is 0. The van der Waals surface area contributed by atoms with Crippen LogP contribution in [0.4, 0.5) is 0 Å². The molecule has 1 aromatic rings. The lowest BCUT2D eigenvalue weighted by Crippen LogP contribution is -2.39. The van der Waals surface area contributed by atoms with E-state index in [1.807, 2.05) is 0 Å². The zero-order valence-electron chi connectivity index (χ0n) is 8.30. The maximum absolute atomic E-state index is 5.85. The Morgan fingerprint density at radius 3 is 2.29 bits per heavy atom. The highest BCUT2D eigenvalue weighted by atomic mass is 127. The molecule has 0 saturated heterocycles. The average molecular weight is 301 g/mol. The molecule has 0 unspecified atom stereocenters. The van der Waals surface area contributed by atoms with Gasteiger partial charge in [-0.25, -0.2) is 0 Å². The number of rotatable bonds is 3. The van der Waals surface area contributed by atoms with Gasteiger partial charge in [-0.15, -0.1) is 0 Å². The van der Waals surface area contributed by atoms with Crippen LogP contribution < -0.4 is 5.73 Å². The van der Waals surface area contributed by atoms with Gasteiger partial charge in [-0.3, -0.25) is 0 Å². The topological polar surface area (TPSA) is 26.0 Å².